The van der Waals surface area contributed by atoms with Gasteiger partial charge in [-0.15, -0.1) is 5.01 Å². The van der Waals surface area contributed by atoms with Crippen molar-refractivity contribution in [1.29, 1.82) is 0 Å². The van der Waals surface area contributed by atoms with Crippen LogP contribution in [0.3, 0.4) is 0 Å². The highest BCUT2D eigenvalue weighted by atomic mass is 35.5. The van der Waals surface area contributed by atoms with Gasteiger partial charge >= 0.3 is 5.97 Å². The highest BCUT2D eigenvalue weighted by Gasteiger charge is 2.30. The highest BCUT2D eigenvalue weighted by Crippen LogP contribution is 2.41. The van der Waals surface area contributed by atoms with Gasteiger partial charge in [0.05, 0.1) is 35.9 Å². The molecule has 9 nitrogen and oxygen atoms in total. The summed E-state index contributed by atoms with van der Waals surface area (Å²) in [6.07, 6.45) is 1.46. The zero-order valence-corrected chi connectivity index (χ0v) is 21.1. The lowest BCUT2D eigenvalue weighted by molar-refractivity contribution is -0.710. The molecule has 1 aromatic heterocycles. The van der Waals surface area contributed by atoms with E-state index in [2.05, 4.69) is 10.3 Å². The molecule has 0 aliphatic carbocycles. The van der Waals surface area contributed by atoms with Crippen molar-refractivity contribution in [2.24, 2.45) is 5.28 Å². The Morgan fingerprint density at radius 1 is 1.19 bits per heavy atom. The topological polar surface area (TPSA) is 99.3 Å². The number of hydrazine groups is 1. The zero-order chi connectivity index (χ0) is 25.7. The lowest BCUT2D eigenvalue weighted by Gasteiger charge is -2.14. The van der Waals surface area contributed by atoms with Crippen LogP contribution in [-0.2, 0) is 22.8 Å². The van der Waals surface area contributed by atoms with Gasteiger partial charge in [-0.3, -0.25) is 4.98 Å². The lowest BCUT2D eigenvalue weighted by atomic mass is 10.0. The Balaban J connectivity index is 1.44. The fraction of sp³-hybridized carbons (Fsp3) is 0.308. The maximum Gasteiger partial charge on any atom is 0.343 e. The van der Waals surface area contributed by atoms with Crippen LogP contribution in [0, 0.1) is 12.1 Å². The van der Waals surface area contributed by atoms with E-state index in [9.17, 15) is 10.0 Å². The third kappa shape index (κ3) is 5.58. The minimum atomic E-state index is -0.507. The van der Waals surface area contributed by atoms with E-state index in [0.29, 0.717) is 46.7 Å². The molecule has 1 aliphatic heterocycles. The highest BCUT2D eigenvalue weighted by molar-refractivity contribution is 6.30. The van der Waals surface area contributed by atoms with Crippen molar-refractivity contribution in [3.8, 4) is 5.75 Å². The Hall–Kier alpha value is -3.69. The quantitative estimate of drug-likeness (QED) is 0.161. The Morgan fingerprint density at radius 3 is 2.56 bits per heavy atom. The predicted octanol–water partition coefficient (Wildman–Crippen LogP) is 5.53. The molecule has 0 saturated carbocycles. The van der Waals surface area contributed by atoms with Gasteiger partial charge in [-0.05, 0) is 56.2 Å². The number of pyridine rings is 1. The SMILES string of the molecule is CCN(CC)/[N+]([O-])=N\OCc1ccc(C(=O)Oc2c(C)ncc3c2CO[C@H]3c2ccc(Cl)cc2)cc1. The third-order valence-corrected chi connectivity index (χ3v) is 6.17. The minimum Gasteiger partial charge on any atom is -0.569 e. The molecule has 0 unspecified atom stereocenters. The van der Waals surface area contributed by atoms with E-state index in [1.165, 1.54) is 5.01 Å². The summed E-state index contributed by atoms with van der Waals surface area (Å²) in [6, 6.07) is 14.2. The number of hydrogen-bond donors (Lipinski definition) is 0. The summed E-state index contributed by atoms with van der Waals surface area (Å²) in [6.45, 7) is 6.95. The maximum atomic E-state index is 12.9. The molecule has 10 heteroatoms. The van der Waals surface area contributed by atoms with E-state index in [1.807, 2.05) is 38.1 Å². The number of esters is 1. The number of nitrogens with zero attached hydrogens (tertiary/aromatic N) is 4. The molecule has 0 amide bonds. The molecule has 0 N–H and O–H groups in total. The number of hydrogen-bond acceptors (Lipinski definition) is 7. The monoisotopic (exact) mass is 510 g/mol. The van der Waals surface area contributed by atoms with Crippen LogP contribution in [0.5, 0.6) is 5.75 Å². The Kier molecular flexibility index (Phi) is 8.02. The van der Waals surface area contributed by atoms with Crippen LogP contribution in [-0.4, -0.2) is 34.0 Å². The molecule has 0 spiro atoms. The number of carbonyl (C=O) groups is 1. The summed E-state index contributed by atoms with van der Waals surface area (Å²) in [5.74, 6) is -0.0974. The average Bonchev–Trinajstić information content (AvgIpc) is 3.31. The van der Waals surface area contributed by atoms with Gasteiger partial charge in [0.1, 0.15) is 12.7 Å². The number of aryl methyl sites for hydroxylation is 1. The molecule has 1 atom stereocenters. The van der Waals surface area contributed by atoms with Crippen LogP contribution < -0.4 is 4.74 Å². The predicted molar refractivity (Wildman–Crippen MR) is 132 cm³/mol. The van der Waals surface area contributed by atoms with Crippen molar-refractivity contribution in [2.75, 3.05) is 13.1 Å². The number of halogens is 1. The van der Waals surface area contributed by atoms with E-state index < -0.39 is 5.97 Å². The second kappa shape index (κ2) is 11.4. The summed E-state index contributed by atoms with van der Waals surface area (Å²) in [5, 5.41) is 17.5. The Labute approximate surface area is 214 Å². The van der Waals surface area contributed by atoms with Gasteiger partial charge in [0.2, 0.25) is 5.28 Å². The average molecular weight is 511 g/mol. The van der Waals surface area contributed by atoms with Crippen molar-refractivity contribution >= 4 is 17.6 Å². The van der Waals surface area contributed by atoms with E-state index in [0.717, 1.165) is 22.3 Å². The largest absolute Gasteiger partial charge is 0.569 e. The van der Waals surface area contributed by atoms with Crippen LogP contribution >= 0.6 is 11.6 Å². The number of carbonyl (C=O) groups excluding carboxylic acids is 1. The van der Waals surface area contributed by atoms with Crippen LogP contribution in [0.4, 0.5) is 0 Å². The minimum absolute atomic E-state index is 0.0913. The number of benzene rings is 2. The summed E-state index contributed by atoms with van der Waals surface area (Å²) in [4.78, 5) is 22.9. The Morgan fingerprint density at radius 2 is 1.89 bits per heavy atom. The molecule has 0 saturated heterocycles. The van der Waals surface area contributed by atoms with Gasteiger partial charge in [-0.25, -0.2) is 4.79 Å². The molecule has 1 aliphatic rings. The molecule has 4 rings (SSSR count). The molecule has 36 heavy (non-hydrogen) atoms. The van der Waals surface area contributed by atoms with Gasteiger partial charge < -0.3 is 19.5 Å². The smallest absolute Gasteiger partial charge is 0.343 e. The van der Waals surface area contributed by atoms with Crippen LogP contribution in [0.1, 0.15) is 58.3 Å². The first-order valence-electron chi connectivity index (χ1n) is 11.6. The van der Waals surface area contributed by atoms with Gasteiger partial charge in [0, 0.05) is 22.3 Å². The summed E-state index contributed by atoms with van der Waals surface area (Å²) < 4.78 is 11.8. The number of aromatic nitrogens is 1. The van der Waals surface area contributed by atoms with Gasteiger partial charge in [0.15, 0.2) is 5.75 Å². The van der Waals surface area contributed by atoms with E-state index in [4.69, 9.17) is 25.9 Å². The maximum absolute atomic E-state index is 12.9. The summed E-state index contributed by atoms with van der Waals surface area (Å²) in [5.41, 5.74) is 4.33. The first-order valence-corrected chi connectivity index (χ1v) is 12.0. The summed E-state index contributed by atoms with van der Waals surface area (Å²) in [7, 11) is 0. The van der Waals surface area contributed by atoms with E-state index in [-0.39, 0.29) is 12.7 Å². The fourth-order valence-electron chi connectivity index (χ4n) is 3.89. The molecule has 2 aromatic carbocycles. The molecular weight excluding hydrogens is 484 g/mol. The molecular formula is C26H27ClN4O5. The van der Waals surface area contributed by atoms with Crippen molar-refractivity contribution in [3.05, 3.63) is 98.5 Å². The molecule has 3 aromatic rings. The first kappa shape index (κ1) is 25.4. The molecule has 2 heterocycles. The second-order valence-corrected chi connectivity index (χ2v) is 8.62. The van der Waals surface area contributed by atoms with Gasteiger partial charge in [0.25, 0.3) is 0 Å². The third-order valence-electron chi connectivity index (χ3n) is 5.91. The van der Waals surface area contributed by atoms with Crippen LogP contribution in [0.2, 0.25) is 5.02 Å². The van der Waals surface area contributed by atoms with Gasteiger partial charge in [-0.1, -0.05) is 35.9 Å². The second-order valence-electron chi connectivity index (χ2n) is 8.18. The zero-order valence-electron chi connectivity index (χ0n) is 20.3. The van der Waals surface area contributed by atoms with E-state index in [1.54, 1.807) is 37.4 Å². The fourth-order valence-corrected chi connectivity index (χ4v) is 4.02. The molecule has 0 radical (unpaired) electrons. The van der Waals surface area contributed by atoms with Crippen LogP contribution in [0.25, 0.3) is 0 Å². The van der Waals surface area contributed by atoms with Crippen molar-refractivity contribution in [1.82, 2.24) is 9.99 Å². The Bertz CT molecular complexity index is 1240. The molecule has 0 bridgehead atoms. The summed E-state index contributed by atoms with van der Waals surface area (Å²) >= 11 is 6.01. The lowest BCUT2D eigenvalue weighted by Crippen LogP contribution is -2.30. The molecule has 0 fully saturated rings. The van der Waals surface area contributed by atoms with E-state index >= 15 is 0 Å². The first-order chi connectivity index (χ1) is 17.4. The van der Waals surface area contributed by atoms with Crippen molar-refractivity contribution in [2.45, 2.75) is 40.1 Å². The number of rotatable bonds is 9. The number of fused-ring (bicyclic) bond motifs is 1. The van der Waals surface area contributed by atoms with Crippen molar-refractivity contribution in [3.63, 3.8) is 0 Å². The standard InChI is InChI=1S/C26H27ClN4O5/c1-4-30(5-2)31(33)29-35-15-18-6-8-20(9-7-18)26(32)36-24-17(3)28-14-22-23(24)16-34-25(22)19-10-12-21(27)13-11-19/h6-14,25H,4-5,15-16H2,1-3H3/b31-29+/t25-/m0/s1. The van der Waals surface area contributed by atoms with Crippen LogP contribution in [0.15, 0.2) is 60.0 Å². The normalized spacial score (nSPS) is 14.9. The molecule has 188 valence electrons. The number of ether oxygens (including phenoxy) is 2. The van der Waals surface area contributed by atoms with Gasteiger partial charge in [-0.2, -0.15) is 0 Å². The van der Waals surface area contributed by atoms with Crippen molar-refractivity contribution < 1.29 is 24.1 Å².